The van der Waals surface area contributed by atoms with Crippen LogP contribution in [0.1, 0.15) is 21.7 Å². The van der Waals surface area contributed by atoms with Gasteiger partial charge in [0.25, 0.3) is 5.91 Å². The second kappa shape index (κ2) is 8.98. The summed E-state index contributed by atoms with van der Waals surface area (Å²) >= 11 is 6.06. The number of amides is 1. The Balaban J connectivity index is 1.56. The van der Waals surface area contributed by atoms with E-state index in [9.17, 15) is 4.79 Å². The Hall–Kier alpha value is -3.70. The Morgan fingerprint density at radius 3 is 2.48 bits per heavy atom. The van der Waals surface area contributed by atoms with E-state index < -0.39 is 0 Å². The number of nitrogens with zero attached hydrogens (tertiary/aromatic N) is 2. The Kier molecular flexibility index (Phi) is 5.96. The van der Waals surface area contributed by atoms with E-state index in [0.717, 1.165) is 22.5 Å². The van der Waals surface area contributed by atoms with Crippen molar-refractivity contribution in [1.82, 2.24) is 9.97 Å². The number of rotatable bonds is 5. The van der Waals surface area contributed by atoms with Crippen LogP contribution in [0.4, 0.5) is 17.2 Å². The van der Waals surface area contributed by atoms with Crippen LogP contribution in [0.3, 0.4) is 0 Å². The average molecular weight is 429 g/mol. The quantitative estimate of drug-likeness (QED) is 0.385. The van der Waals surface area contributed by atoms with Gasteiger partial charge in [0, 0.05) is 33.6 Å². The molecule has 154 valence electrons. The lowest BCUT2D eigenvalue weighted by molar-refractivity contribution is 0.102. The van der Waals surface area contributed by atoms with Gasteiger partial charge in [-0.05, 0) is 49.7 Å². The molecule has 2 N–H and O–H groups in total. The molecular weight excluding hydrogens is 408 g/mol. The standard InChI is InChI=1S/C25H21ClN4O/c1-16-11-12-20(26)14-22(16)30-25(31)19-9-6-10-21(13-19)29-24-15-23(27-17(2)28-24)18-7-4-3-5-8-18/h3-15H,1-2H3,(H,30,31)(H,27,28,29). The van der Waals surface area contributed by atoms with Crippen LogP contribution in [0.5, 0.6) is 0 Å². The lowest BCUT2D eigenvalue weighted by Crippen LogP contribution is -2.13. The third kappa shape index (κ3) is 5.08. The molecule has 0 bridgehead atoms. The van der Waals surface area contributed by atoms with Gasteiger partial charge in [-0.2, -0.15) is 0 Å². The topological polar surface area (TPSA) is 66.9 Å². The first-order valence-electron chi connectivity index (χ1n) is 9.83. The van der Waals surface area contributed by atoms with Crippen molar-refractivity contribution in [2.24, 2.45) is 0 Å². The number of hydrogen-bond donors (Lipinski definition) is 2. The summed E-state index contributed by atoms with van der Waals surface area (Å²) < 4.78 is 0. The zero-order valence-electron chi connectivity index (χ0n) is 17.2. The zero-order valence-corrected chi connectivity index (χ0v) is 17.9. The van der Waals surface area contributed by atoms with Crippen molar-refractivity contribution in [1.29, 1.82) is 0 Å². The first kappa shape index (κ1) is 20.6. The molecule has 0 aliphatic heterocycles. The Labute approximate surface area is 186 Å². The summed E-state index contributed by atoms with van der Waals surface area (Å²) in [6.07, 6.45) is 0. The van der Waals surface area contributed by atoms with Gasteiger partial charge in [-0.25, -0.2) is 9.97 Å². The molecule has 0 aliphatic carbocycles. The Morgan fingerprint density at radius 1 is 0.871 bits per heavy atom. The van der Waals surface area contributed by atoms with Crippen molar-refractivity contribution in [3.8, 4) is 11.3 Å². The molecule has 3 aromatic carbocycles. The fourth-order valence-electron chi connectivity index (χ4n) is 3.20. The van der Waals surface area contributed by atoms with E-state index in [4.69, 9.17) is 11.6 Å². The van der Waals surface area contributed by atoms with Crippen LogP contribution in [-0.2, 0) is 0 Å². The molecule has 5 nitrogen and oxygen atoms in total. The number of hydrogen-bond acceptors (Lipinski definition) is 4. The zero-order chi connectivity index (χ0) is 21.8. The number of carbonyl (C=O) groups is 1. The number of aromatic nitrogens is 2. The largest absolute Gasteiger partial charge is 0.340 e. The molecule has 0 saturated heterocycles. The van der Waals surface area contributed by atoms with Gasteiger partial charge in [0.1, 0.15) is 11.6 Å². The van der Waals surface area contributed by atoms with Crippen molar-refractivity contribution in [2.75, 3.05) is 10.6 Å². The van der Waals surface area contributed by atoms with E-state index in [1.807, 2.05) is 68.4 Å². The molecule has 4 rings (SSSR count). The highest BCUT2D eigenvalue weighted by Crippen LogP contribution is 2.24. The minimum atomic E-state index is -0.210. The minimum Gasteiger partial charge on any atom is -0.340 e. The number of anilines is 3. The van der Waals surface area contributed by atoms with Crippen LogP contribution >= 0.6 is 11.6 Å². The van der Waals surface area contributed by atoms with Crippen molar-refractivity contribution in [2.45, 2.75) is 13.8 Å². The van der Waals surface area contributed by atoms with Gasteiger partial charge in [0.05, 0.1) is 5.69 Å². The summed E-state index contributed by atoms with van der Waals surface area (Å²) in [5, 5.41) is 6.78. The first-order chi connectivity index (χ1) is 15.0. The maximum Gasteiger partial charge on any atom is 0.255 e. The normalized spacial score (nSPS) is 10.5. The molecule has 1 amide bonds. The van der Waals surface area contributed by atoms with E-state index in [0.29, 0.717) is 27.9 Å². The third-order valence-corrected chi connectivity index (χ3v) is 4.99. The highest BCUT2D eigenvalue weighted by atomic mass is 35.5. The highest BCUT2D eigenvalue weighted by Gasteiger charge is 2.10. The molecule has 4 aromatic rings. The van der Waals surface area contributed by atoms with E-state index in [-0.39, 0.29) is 5.91 Å². The molecule has 0 spiro atoms. The van der Waals surface area contributed by atoms with Crippen LogP contribution in [0.25, 0.3) is 11.3 Å². The fourth-order valence-corrected chi connectivity index (χ4v) is 3.37. The summed E-state index contributed by atoms with van der Waals surface area (Å²) in [5.74, 6) is 1.11. The van der Waals surface area contributed by atoms with Crippen molar-refractivity contribution in [3.05, 3.63) is 101 Å². The number of aryl methyl sites for hydroxylation is 2. The van der Waals surface area contributed by atoms with Crippen molar-refractivity contribution in [3.63, 3.8) is 0 Å². The van der Waals surface area contributed by atoms with Crippen molar-refractivity contribution < 1.29 is 4.79 Å². The molecule has 0 atom stereocenters. The van der Waals surface area contributed by atoms with Crippen LogP contribution < -0.4 is 10.6 Å². The lowest BCUT2D eigenvalue weighted by Gasteiger charge is -2.11. The van der Waals surface area contributed by atoms with Gasteiger partial charge >= 0.3 is 0 Å². The summed E-state index contributed by atoms with van der Waals surface area (Å²) in [7, 11) is 0. The van der Waals surface area contributed by atoms with Gasteiger partial charge in [0.15, 0.2) is 0 Å². The molecule has 0 aliphatic rings. The predicted molar refractivity (Wildman–Crippen MR) is 126 cm³/mol. The lowest BCUT2D eigenvalue weighted by atomic mass is 10.1. The Bertz CT molecular complexity index is 1240. The van der Waals surface area contributed by atoms with E-state index in [2.05, 4.69) is 20.6 Å². The predicted octanol–water partition coefficient (Wildman–Crippen LogP) is 6.41. The molecule has 0 radical (unpaired) electrons. The highest BCUT2D eigenvalue weighted by molar-refractivity contribution is 6.31. The number of nitrogens with one attached hydrogen (secondary N) is 2. The van der Waals surface area contributed by atoms with E-state index in [1.165, 1.54) is 0 Å². The third-order valence-electron chi connectivity index (χ3n) is 4.75. The van der Waals surface area contributed by atoms with Gasteiger partial charge in [-0.15, -0.1) is 0 Å². The van der Waals surface area contributed by atoms with Crippen LogP contribution in [-0.4, -0.2) is 15.9 Å². The minimum absolute atomic E-state index is 0.210. The van der Waals surface area contributed by atoms with Gasteiger partial charge in [0.2, 0.25) is 0 Å². The second-order valence-corrected chi connectivity index (χ2v) is 7.61. The smallest absolute Gasteiger partial charge is 0.255 e. The van der Waals surface area contributed by atoms with Crippen LogP contribution in [0.2, 0.25) is 5.02 Å². The Morgan fingerprint density at radius 2 is 1.68 bits per heavy atom. The summed E-state index contributed by atoms with van der Waals surface area (Å²) in [4.78, 5) is 21.8. The first-order valence-corrected chi connectivity index (χ1v) is 10.2. The monoisotopic (exact) mass is 428 g/mol. The molecule has 0 saturated carbocycles. The second-order valence-electron chi connectivity index (χ2n) is 7.17. The summed E-state index contributed by atoms with van der Waals surface area (Å²) in [5.41, 5.74) is 4.76. The van der Waals surface area contributed by atoms with Gasteiger partial charge in [-0.1, -0.05) is 54.1 Å². The fraction of sp³-hybridized carbons (Fsp3) is 0.0800. The maximum absolute atomic E-state index is 12.8. The molecular formula is C25H21ClN4O. The van der Waals surface area contributed by atoms with Crippen LogP contribution in [0, 0.1) is 13.8 Å². The van der Waals surface area contributed by atoms with Crippen molar-refractivity contribution >= 4 is 34.7 Å². The molecule has 1 heterocycles. The molecule has 31 heavy (non-hydrogen) atoms. The summed E-state index contributed by atoms with van der Waals surface area (Å²) in [6, 6.07) is 24.5. The maximum atomic E-state index is 12.8. The van der Waals surface area contributed by atoms with E-state index >= 15 is 0 Å². The van der Waals surface area contributed by atoms with Gasteiger partial charge < -0.3 is 10.6 Å². The number of carbonyl (C=O) groups excluding carboxylic acids is 1. The number of benzene rings is 3. The molecule has 0 unspecified atom stereocenters. The SMILES string of the molecule is Cc1nc(Nc2cccc(C(=O)Nc3cc(Cl)ccc3C)c2)cc(-c2ccccc2)n1. The number of halogens is 1. The summed E-state index contributed by atoms with van der Waals surface area (Å²) in [6.45, 7) is 3.78. The average Bonchev–Trinajstić information content (AvgIpc) is 2.76. The van der Waals surface area contributed by atoms with E-state index in [1.54, 1.807) is 24.3 Å². The van der Waals surface area contributed by atoms with Crippen LogP contribution in [0.15, 0.2) is 78.9 Å². The molecule has 0 fully saturated rings. The molecule has 1 aromatic heterocycles. The van der Waals surface area contributed by atoms with Gasteiger partial charge in [-0.3, -0.25) is 4.79 Å². The molecule has 6 heteroatoms.